The van der Waals surface area contributed by atoms with E-state index in [1.54, 1.807) is 0 Å². The third-order valence-corrected chi connectivity index (χ3v) is 2.63. The Morgan fingerprint density at radius 1 is 1.00 bits per heavy atom. The van der Waals surface area contributed by atoms with Gasteiger partial charge in [-0.25, -0.2) is 0 Å². The average Bonchev–Trinajstić information content (AvgIpc) is 2.15. The van der Waals surface area contributed by atoms with Gasteiger partial charge in [-0.3, -0.25) is 0 Å². The maximum absolute atomic E-state index is 12.2. The van der Waals surface area contributed by atoms with Gasteiger partial charge in [0.05, 0.1) is 6.42 Å². The molecule has 0 radical (unpaired) electrons. The molecule has 1 unspecified atom stereocenters. The van der Waals surface area contributed by atoms with Crippen LogP contribution in [0.5, 0.6) is 0 Å². The average molecular weight is 239 g/mol. The van der Waals surface area contributed by atoms with Crippen LogP contribution in [0.25, 0.3) is 0 Å². The van der Waals surface area contributed by atoms with E-state index in [0.717, 1.165) is 19.3 Å². The minimum atomic E-state index is -4.05. The quantitative estimate of drug-likeness (QED) is 0.592. The van der Waals surface area contributed by atoms with Gasteiger partial charge < -0.3 is 5.32 Å². The Hall–Kier alpha value is -0.250. The van der Waals surface area contributed by atoms with Crippen molar-refractivity contribution in [2.24, 2.45) is 0 Å². The molecule has 0 aliphatic heterocycles. The first-order chi connectivity index (χ1) is 7.49. The molecule has 0 aromatic heterocycles. The molecule has 0 amide bonds. The topological polar surface area (TPSA) is 12.0 Å². The number of rotatable bonds is 9. The van der Waals surface area contributed by atoms with E-state index >= 15 is 0 Å². The molecule has 1 atom stereocenters. The fourth-order valence-corrected chi connectivity index (χ4v) is 1.84. The van der Waals surface area contributed by atoms with Crippen molar-refractivity contribution in [1.82, 2.24) is 5.32 Å². The molecule has 0 aromatic carbocycles. The van der Waals surface area contributed by atoms with E-state index in [9.17, 15) is 13.2 Å². The third-order valence-electron chi connectivity index (χ3n) is 2.63. The Balaban J connectivity index is 3.68. The minimum Gasteiger partial charge on any atom is -0.314 e. The minimum absolute atomic E-state index is 0.397. The summed E-state index contributed by atoms with van der Waals surface area (Å²) in [4.78, 5) is 0. The molecule has 0 aliphatic carbocycles. The SMILES string of the molecule is CCCCCCCC(CC(F)(F)F)NCC. The lowest BCUT2D eigenvalue weighted by Gasteiger charge is -2.19. The Kier molecular flexibility index (Phi) is 8.71. The lowest BCUT2D eigenvalue weighted by atomic mass is 10.0. The second-order valence-corrected chi connectivity index (χ2v) is 4.28. The largest absolute Gasteiger partial charge is 0.390 e. The molecule has 16 heavy (non-hydrogen) atoms. The molecular weight excluding hydrogens is 215 g/mol. The highest BCUT2D eigenvalue weighted by Gasteiger charge is 2.31. The lowest BCUT2D eigenvalue weighted by molar-refractivity contribution is -0.140. The van der Waals surface area contributed by atoms with Gasteiger partial charge >= 0.3 is 6.18 Å². The molecule has 0 saturated carbocycles. The number of nitrogens with one attached hydrogen (secondary N) is 1. The highest BCUT2D eigenvalue weighted by Crippen LogP contribution is 2.23. The van der Waals surface area contributed by atoms with Gasteiger partial charge in [0.1, 0.15) is 0 Å². The molecule has 0 heterocycles. The van der Waals surface area contributed by atoms with Gasteiger partial charge in [-0.1, -0.05) is 46.0 Å². The van der Waals surface area contributed by atoms with Gasteiger partial charge in [-0.15, -0.1) is 0 Å². The second-order valence-electron chi connectivity index (χ2n) is 4.28. The smallest absolute Gasteiger partial charge is 0.314 e. The molecule has 0 spiro atoms. The Morgan fingerprint density at radius 2 is 1.62 bits per heavy atom. The van der Waals surface area contributed by atoms with Crippen LogP contribution >= 0.6 is 0 Å². The van der Waals surface area contributed by atoms with E-state index in [2.05, 4.69) is 12.2 Å². The summed E-state index contributed by atoms with van der Waals surface area (Å²) in [6.45, 7) is 4.58. The third kappa shape index (κ3) is 10.3. The normalized spacial score (nSPS) is 14.1. The molecule has 98 valence electrons. The van der Waals surface area contributed by atoms with Gasteiger partial charge in [-0.2, -0.15) is 13.2 Å². The van der Waals surface area contributed by atoms with Crippen molar-refractivity contribution in [1.29, 1.82) is 0 Å². The van der Waals surface area contributed by atoms with Crippen molar-refractivity contribution in [2.75, 3.05) is 6.54 Å². The summed E-state index contributed by atoms with van der Waals surface area (Å²) in [5.74, 6) is 0. The zero-order valence-electron chi connectivity index (χ0n) is 10.4. The molecule has 1 nitrogen and oxygen atoms in total. The Morgan fingerprint density at radius 3 is 2.12 bits per heavy atom. The van der Waals surface area contributed by atoms with Gasteiger partial charge in [-0.05, 0) is 13.0 Å². The predicted molar refractivity (Wildman–Crippen MR) is 61.5 cm³/mol. The van der Waals surface area contributed by atoms with E-state index in [1.165, 1.54) is 12.8 Å². The fourth-order valence-electron chi connectivity index (χ4n) is 1.84. The van der Waals surface area contributed by atoms with Gasteiger partial charge in [0, 0.05) is 6.04 Å². The molecular formula is C12H24F3N. The van der Waals surface area contributed by atoms with Crippen LogP contribution in [0.2, 0.25) is 0 Å². The first-order valence-corrected chi connectivity index (χ1v) is 6.29. The molecule has 0 aromatic rings. The highest BCUT2D eigenvalue weighted by molar-refractivity contribution is 4.70. The molecule has 4 heteroatoms. The zero-order chi connectivity index (χ0) is 12.4. The Labute approximate surface area is 96.8 Å². The van der Waals surface area contributed by atoms with Crippen LogP contribution in [0.4, 0.5) is 13.2 Å². The van der Waals surface area contributed by atoms with Crippen molar-refractivity contribution >= 4 is 0 Å². The lowest BCUT2D eigenvalue weighted by Crippen LogP contribution is -2.33. The number of halogens is 3. The monoisotopic (exact) mass is 239 g/mol. The van der Waals surface area contributed by atoms with Crippen molar-refractivity contribution in [3.05, 3.63) is 0 Å². The standard InChI is InChI=1S/C12H24F3N/c1-3-5-6-7-8-9-11(16-4-2)10-12(13,14)15/h11,16H,3-10H2,1-2H3. The van der Waals surface area contributed by atoms with E-state index in [-0.39, 0.29) is 0 Å². The van der Waals surface area contributed by atoms with Crippen LogP contribution in [0.3, 0.4) is 0 Å². The van der Waals surface area contributed by atoms with Crippen LogP contribution < -0.4 is 5.32 Å². The van der Waals surface area contributed by atoms with Crippen LogP contribution in [-0.2, 0) is 0 Å². The van der Waals surface area contributed by atoms with E-state index in [0.29, 0.717) is 13.0 Å². The number of hydrogen-bond donors (Lipinski definition) is 1. The first kappa shape index (κ1) is 15.8. The number of hydrogen-bond acceptors (Lipinski definition) is 1. The number of unbranched alkanes of at least 4 members (excludes halogenated alkanes) is 4. The molecule has 1 N–H and O–H groups in total. The summed E-state index contributed by atoms with van der Waals surface area (Å²) in [5, 5.41) is 2.91. The van der Waals surface area contributed by atoms with Gasteiger partial charge in [0.25, 0.3) is 0 Å². The van der Waals surface area contributed by atoms with Crippen molar-refractivity contribution in [3.63, 3.8) is 0 Å². The van der Waals surface area contributed by atoms with Crippen molar-refractivity contribution in [2.45, 2.75) is 71.0 Å². The van der Waals surface area contributed by atoms with E-state index < -0.39 is 18.6 Å². The van der Waals surface area contributed by atoms with E-state index in [4.69, 9.17) is 0 Å². The van der Waals surface area contributed by atoms with E-state index in [1.807, 2.05) is 6.92 Å². The molecule has 0 fully saturated rings. The molecule has 0 rings (SSSR count). The van der Waals surface area contributed by atoms with Crippen LogP contribution in [-0.4, -0.2) is 18.8 Å². The molecule has 0 saturated heterocycles. The summed E-state index contributed by atoms with van der Waals surface area (Å²) in [6.07, 6.45) is 1.33. The van der Waals surface area contributed by atoms with Crippen LogP contribution in [0, 0.1) is 0 Å². The summed E-state index contributed by atoms with van der Waals surface area (Å²) < 4.78 is 36.7. The zero-order valence-corrected chi connectivity index (χ0v) is 10.4. The molecule has 0 bridgehead atoms. The van der Waals surface area contributed by atoms with Crippen LogP contribution in [0.1, 0.15) is 58.8 Å². The van der Waals surface area contributed by atoms with Gasteiger partial charge in [0.15, 0.2) is 0 Å². The van der Waals surface area contributed by atoms with Crippen LogP contribution in [0.15, 0.2) is 0 Å². The Bertz CT molecular complexity index is 157. The fraction of sp³-hybridized carbons (Fsp3) is 1.00. The van der Waals surface area contributed by atoms with Crippen molar-refractivity contribution in [3.8, 4) is 0 Å². The molecule has 0 aliphatic rings. The van der Waals surface area contributed by atoms with Gasteiger partial charge in [0.2, 0.25) is 0 Å². The second kappa shape index (κ2) is 8.85. The number of alkyl halides is 3. The maximum atomic E-state index is 12.2. The van der Waals surface area contributed by atoms with Crippen molar-refractivity contribution < 1.29 is 13.2 Å². The highest BCUT2D eigenvalue weighted by atomic mass is 19.4. The maximum Gasteiger partial charge on any atom is 0.390 e. The summed E-state index contributed by atoms with van der Waals surface area (Å²) >= 11 is 0. The first-order valence-electron chi connectivity index (χ1n) is 6.29. The summed E-state index contributed by atoms with van der Waals surface area (Å²) in [5.41, 5.74) is 0. The predicted octanol–water partition coefficient (Wildman–Crippen LogP) is 4.28. The summed E-state index contributed by atoms with van der Waals surface area (Å²) in [7, 11) is 0. The summed E-state index contributed by atoms with van der Waals surface area (Å²) in [6, 6.07) is -0.397.